The number of aromatic nitrogens is 1. The number of allylic oxidation sites excluding steroid dienone is 1. The zero-order valence-electron chi connectivity index (χ0n) is 21.5. The van der Waals surface area contributed by atoms with Crippen LogP contribution in [0.1, 0.15) is 31.0 Å². The molecule has 5 rings (SSSR count). The van der Waals surface area contributed by atoms with Crippen LogP contribution in [0.3, 0.4) is 0 Å². The van der Waals surface area contributed by atoms with Gasteiger partial charge in [-0.1, -0.05) is 30.1 Å². The number of hydrogen-bond donors (Lipinski definition) is 0. The first-order valence-electron chi connectivity index (χ1n) is 12.1. The van der Waals surface area contributed by atoms with E-state index in [1.54, 1.807) is 45.2 Å². The fraction of sp³-hybridized carbons (Fsp3) is 0.250. The summed E-state index contributed by atoms with van der Waals surface area (Å²) in [6.07, 6.45) is 3.44. The van der Waals surface area contributed by atoms with Crippen LogP contribution in [0.2, 0.25) is 0 Å². The van der Waals surface area contributed by atoms with Crippen molar-refractivity contribution in [3.8, 4) is 23.0 Å². The van der Waals surface area contributed by atoms with Crippen molar-refractivity contribution in [3.63, 3.8) is 0 Å². The van der Waals surface area contributed by atoms with Gasteiger partial charge in [-0.05, 0) is 77.9 Å². The molecule has 0 amide bonds. The van der Waals surface area contributed by atoms with Gasteiger partial charge < -0.3 is 23.7 Å². The van der Waals surface area contributed by atoms with Crippen molar-refractivity contribution in [2.24, 2.45) is 4.99 Å². The van der Waals surface area contributed by atoms with Crippen LogP contribution in [-0.4, -0.2) is 37.7 Å². The second-order valence-corrected chi connectivity index (χ2v) is 10.7. The largest absolute Gasteiger partial charge is 0.493 e. The van der Waals surface area contributed by atoms with E-state index in [-0.39, 0.29) is 19.0 Å². The van der Waals surface area contributed by atoms with Gasteiger partial charge in [0.1, 0.15) is 6.61 Å². The molecule has 0 aliphatic carbocycles. The molecule has 1 aromatic heterocycles. The van der Waals surface area contributed by atoms with Gasteiger partial charge in [0.05, 0.1) is 39.1 Å². The Bertz CT molecular complexity index is 1690. The summed E-state index contributed by atoms with van der Waals surface area (Å²) >= 11 is 3.42. The Hall–Kier alpha value is -3.58. The van der Waals surface area contributed by atoms with E-state index in [1.807, 2.05) is 18.2 Å². The zero-order chi connectivity index (χ0) is 27.7. The molecule has 11 heteroatoms. The number of halogens is 1. The van der Waals surface area contributed by atoms with E-state index in [9.17, 15) is 9.59 Å². The summed E-state index contributed by atoms with van der Waals surface area (Å²) in [5.41, 5.74) is 1.95. The van der Waals surface area contributed by atoms with Crippen LogP contribution in [-0.2, 0) is 9.53 Å². The number of rotatable bonds is 8. The minimum atomic E-state index is -0.749. The van der Waals surface area contributed by atoms with E-state index < -0.39 is 12.0 Å². The number of benzene rings is 2. The highest BCUT2D eigenvalue weighted by Gasteiger charge is 2.34. The van der Waals surface area contributed by atoms with Crippen LogP contribution in [0.25, 0.3) is 6.08 Å². The molecule has 1 unspecified atom stereocenters. The lowest BCUT2D eigenvalue weighted by Crippen LogP contribution is -2.39. The summed E-state index contributed by atoms with van der Waals surface area (Å²) < 4.78 is 30.5. The van der Waals surface area contributed by atoms with Gasteiger partial charge in [-0.15, -0.1) is 0 Å². The van der Waals surface area contributed by atoms with Gasteiger partial charge in [0.2, 0.25) is 6.79 Å². The number of ether oxygens (including phenoxy) is 5. The van der Waals surface area contributed by atoms with Gasteiger partial charge in [0.15, 0.2) is 27.8 Å². The lowest BCUT2D eigenvalue weighted by atomic mass is 9.95. The molecule has 2 aliphatic heterocycles. The Morgan fingerprint density at radius 3 is 2.82 bits per heavy atom. The smallest absolute Gasteiger partial charge is 0.338 e. The maximum Gasteiger partial charge on any atom is 0.338 e. The van der Waals surface area contributed by atoms with Crippen molar-refractivity contribution in [2.45, 2.75) is 19.9 Å². The number of carbonyl (C=O) groups excluding carboxylic acids is 1. The van der Waals surface area contributed by atoms with Crippen LogP contribution < -0.4 is 33.8 Å². The summed E-state index contributed by atoms with van der Waals surface area (Å²) in [7, 11) is 1.56. The molecule has 2 aromatic carbocycles. The molecular weight excluding hydrogens is 635 g/mol. The second-order valence-electron chi connectivity index (χ2n) is 8.55. The summed E-state index contributed by atoms with van der Waals surface area (Å²) in [4.78, 5) is 32.1. The van der Waals surface area contributed by atoms with Crippen LogP contribution in [0.15, 0.2) is 64.0 Å². The normalized spacial score (nSPS) is 16.0. The number of fused-ring (bicyclic) bond motifs is 2. The molecule has 0 saturated heterocycles. The number of carbonyl (C=O) groups is 1. The number of esters is 1. The SMILES string of the molecule is C=CCOc1c(I)cc(/C=c2/sc3n(c2=O)C(c2ccc4c(c2)OCO4)C(C(=O)OCC)=C(C)N=3)cc1OC. The van der Waals surface area contributed by atoms with Crippen LogP contribution in [0.5, 0.6) is 23.0 Å². The average molecular weight is 660 g/mol. The third-order valence-electron chi connectivity index (χ3n) is 6.12. The number of hydrogen-bond acceptors (Lipinski definition) is 9. The Morgan fingerprint density at radius 2 is 2.08 bits per heavy atom. The Balaban J connectivity index is 1.67. The van der Waals surface area contributed by atoms with E-state index in [0.29, 0.717) is 55.8 Å². The van der Waals surface area contributed by atoms with Gasteiger partial charge >= 0.3 is 5.97 Å². The Morgan fingerprint density at radius 1 is 1.28 bits per heavy atom. The highest BCUT2D eigenvalue weighted by molar-refractivity contribution is 14.1. The number of methoxy groups -OCH3 is 1. The van der Waals surface area contributed by atoms with Gasteiger partial charge in [-0.25, -0.2) is 9.79 Å². The van der Waals surface area contributed by atoms with Crippen molar-refractivity contribution in [3.05, 3.63) is 88.6 Å². The standard InChI is InChI=1S/C28H25IN2O7S/c1-5-9-36-25-18(29)10-16(11-21(25)34-4)12-22-26(32)31-24(17-7-8-19-20(13-17)38-14-37-19)23(27(33)35-6-2)15(3)30-28(31)39-22/h5,7-8,10-13,24H,1,6,9,14H2,2-4H3/b22-12+. The summed E-state index contributed by atoms with van der Waals surface area (Å²) in [6, 6.07) is 8.35. The van der Waals surface area contributed by atoms with Crippen molar-refractivity contribution in [1.29, 1.82) is 0 Å². The quantitative estimate of drug-likeness (QED) is 0.207. The van der Waals surface area contributed by atoms with E-state index >= 15 is 0 Å². The Kier molecular flexibility index (Phi) is 7.80. The minimum Gasteiger partial charge on any atom is -0.493 e. The lowest BCUT2D eigenvalue weighted by Gasteiger charge is -2.24. The summed E-state index contributed by atoms with van der Waals surface area (Å²) in [5.74, 6) is 1.78. The molecule has 0 fully saturated rings. The molecule has 39 heavy (non-hydrogen) atoms. The van der Waals surface area contributed by atoms with E-state index in [2.05, 4.69) is 34.2 Å². The van der Waals surface area contributed by atoms with E-state index in [1.165, 1.54) is 15.9 Å². The molecule has 3 aromatic rings. The molecule has 0 radical (unpaired) electrons. The van der Waals surface area contributed by atoms with Crippen molar-refractivity contribution < 1.29 is 28.5 Å². The first-order valence-corrected chi connectivity index (χ1v) is 14.0. The van der Waals surface area contributed by atoms with E-state index in [0.717, 1.165) is 9.13 Å². The number of thiazole rings is 1. The predicted molar refractivity (Wildman–Crippen MR) is 154 cm³/mol. The van der Waals surface area contributed by atoms with Crippen molar-refractivity contribution in [1.82, 2.24) is 4.57 Å². The third kappa shape index (κ3) is 5.08. The lowest BCUT2D eigenvalue weighted by molar-refractivity contribution is -0.139. The molecule has 0 saturated carbocycles. The minimum absolute atomic E-state index is 0.112. The first-order chi connectivity index (χ1) is 18.9. The molecule has 0 N–H and O–H groups in total. The maximum atomic E-state index is 13.9. The molecule has 202 valence electrons. The van der Waals surface area contributed by atoms with Gasteiger partial charge in [-0.3, -0.25) is 9.36 Å². The highest BCUT2D eigenvalue weighted by atomic mass is 127. The van der Waals surface area contributed by atoms with Crippen LogP contribution in [0.4, 0.5) is 0 Å². The molecule has 3 heterocycles. The molecule has 1 atom stereocenters. The molecular formula is C28H25IN2O7S. The maximum absolute atomic E-state index is 13.9. The second kappa shape index (κ2) is 11.3. The average Bonchev–Trinajstić information content (AvgIpc) is 3.50. The topological polar surface area (TPSA) is 97.6 Å². The van der Waals surface area contributed by atoms with Crippen LogP contribution >= 0.6 is 33.9 Å². The van der Waals surface area contributed by atoms with Crippen LogP contribution in [0, 0.1) is 3.57 Å². The van der Waals surface area contributed by atoms with Crippen molar-refractivity contribution in [2.75, 3.05) is 27.1 Å². The fourth-order valence-corrected chi connectivity index (χ4v) is 6.27. The monoisotopic (exact) mass is 660 g/mol. The molecule has 0 spiro atoms. The number of nitrogens with zero attached hydrogens (tertiary/aromatic N) is 2. The van der Waals surface area contributed by atoms with Crippen molar-refractivity contribution >= 4 is 46.0 Å². The summed E-state index contributed by atoms with van der Waals surface area (Å²) in [6.45, 7) is 7.82. The fourth-order valence-electron chi connectivity index (χ4n) is 4.45. The summed E-state index contributed by atoms with van der Waals surface area (Å²) in [5, 5.41) is 0. The van der Waals surface area contributed by atoms with E-state index in [4.69, 9.17) is 23.7 Å². The molecule has 0 bridgehead atoms. The Labute approximate surface area is 241 Å². The van der Waals surface area contributed by atoms with Gasteiger partial charge in [0, 0.05) is 0 Å². The molecule has 9 nitrogen and oxygen atoms in total. The third-order valence-corrected chi connectivity index (χ3v) is 7.91. The predicted octanol–water partition coefficient (Wildman–Crippen LogP) is 3.71. The zero-order valence-corrected chi connectivity index (χ0v) is 24.5. The van der Waals surface area contributed by atoms with Gasteiger partial charge in [-0.2, -0.15) is 0 Å². The van der Waals surface area contributed by atoms with Gasteiger partial charge in [0.25, 0.3) is 5.56 Å². The molecule has 2 aliphatic rings. The first kappa shape index (κ1) is 27.0. The highest BCUT2D eigenvalue weighted by Crippen LogP contribution is 2.38.